The average molecular weight is 649 g/mol. The van der Waals surface area contributed by atoms with Crippen LogP contribution in [-0.4, -0.2) is 69.2 Å². The van der Waals surface area contributed by atoms with Gasteiger partial charge < -0.3 is 25.8 Å². The van der Waals surface area contributed by atoms with E-state index < -0.39 is 48.8 Å². The Kier molecular flexibility index (Phi) is 14.0. The fraction of sp³-hybridized carbons (Fsp3) is 0.414. The van der Waals surface area contributed by atoms with Crippen LogP contribution in [0, 0.1) is 0 Å². The number of carbonyl (C=O) groups excluding carboxylic acids is 4. The molecule has 0 aliphatic rings. The van der Waals surface area contributed by atoms with Crippen molar-refractivity contribution >= 4 is 47.0 Å². The molecule has 0 aliphatic heterocycles. The van der Waals surface area contributed by atoms with E-state index in [1.54, 1.807) is 37.3 Å². The highest BCUT2D eigenvalue weighted by molar-refractivity contribution is 6.36. The molecule has 2 atom stereocenters. The third-order valence-electron chi connectivity index (χ3n) is 6.34. The van der Waals surface area contributed by atoms with Crippen LogP contribution in [0.1, 0.15) is 49.6 Å². The molecular weight excluding hydrogens is 613 g/mol. The Morgan fingerprint density at radius 2 is 1.68 bits per heavy atom. The third kappa shape index (κ3) is 11.2. The van der Waals surface area contributed by atoms with Crippen LogP contribution in [0.25, 0.3) is 0 Å². The van der Waals surface area contributed by atoms with Gasteiger partial charge in [-0.15, -0.1) is 10.2 Å². The summed E-state index contributed by atoms with van der Waals surface area (Å²) in [6, 6.07) is 11.8. The van der Waals surface area contributed by atoms with Gasteiger partial charge in [-0.3, -0.25) is 14.4 Å². The van der Waals surface area contributed by atoms with Gasteiger partial charge in [-0.25, -0.2) is 4.79 Å². The number of nitrogens with one attached hydrogen (secondary N) is 2. The first kappa shape index (κ1) is 34.4. The summed E-state index contributed by atoms with van der Waals surface area (Å²) in [6.45, 7) is 1.70. The maximum absolute atomic E-state index is 13.3. The number of hydrogen-bond donors (Lipinski definition) is 3. The molecule has 2 amide bonds. The van der Waals surface area contributed by atoms with Crippen LogP contribution in [0.5, 0.6) is 0 Å². The van der Waals surface area contributed by atoms with Crippen LogP contribution in [0.3, 0.4) is 0 Å². The molecule has 13 nitrogen and oxygen atoms in total. The van der Waals surface area contributed by atoms with Crippen LogP contribution < -0.4 is 16.4 Å². The van der Waals surface area contributed by atoms with Gasteiger partial charge >= 0.3 is 12.1 Å². The van der Waals surface area contributed by atoms with Crippen molar-refractivity contribution in [2.24, 2.45) is 5.73 Å². The third-order valence-corrected chi connectivity index (χ3v) is 7.05. The van der Waals surface area contributed by atoms with Crippen LogP contribution in [0.2, 0.25) is 10.0 Å². The Hall–Kier alpha value is -4.07. The van der Waals surface area contributed by atoms with E-state index in [4.69, 9.17) is 38.4 Å². The first-order valence-electron chi connectivity index (χ1n) is 14.1. The summed E-state index contributed by atoms with van der Waals surface area (Å²) in [5.74, 6) is -1.70. The second-order valence-corrected chi connectivity index (χ2v) is 10.5. The number of nitrogens with two attached hydrogens (primary N) is 1. The Balaban J connectivity index is 1.69. The number of tetrazole rings is 1. The molecule has 2 aromatic carbocycles. The highest BCUT2D eigenvalue weighted by Gasteiger charge is 2.29. The number of esters is 1. The van der Waals surface area contributed by atoms with Crippen molar-refractivity contribution in [3.63, 3.8) is 0 Å². The zero-order chi connectivity index (χ0) is 31.9. The minimum Gasteiger partial charge on any atom is -0.466 e. The van der Waals surface area contributed by atoms with Gasteiger partial charge in [0.2, 0.25) is 5.91 Å². The number of halogens is 2. The Morgan fingerprint density at radius 3 is 2.36 bits per heavy atom. The normalized spacial score (nSPS) is 12.2. The van der Waals surface area contributed by atoms with E-state index >= 15 is 0 Å². The number of carbonyl (C=O) groups is 4. The lowest BCUT2D eigenvalue weighted by Gasteiger charge is -2.22. The van der Waals surface area contributed by atoms with Gasteiger partial charge in [-0.2, -0.15) is 4.80 Å². The Bertz CT molecular complexity index is 1390. The molecule has 0 aliphatic carbocycles. The largest absolute Gasteiger partial charge is 0.466 e. The molecule has 0 fully saturated rings. The van der Waals surface area contributed by atoms with Gasteiger partial charge in [0.25, 0.3) is 0 Å². The minimum atomic E-state index is -1.30. The van der Waals surface area contributed by atoms with Crippen LogP contribution >= 0.6 is 23.2 Å². The topological polar surface area (TPSA) is 180 Å². The number of rotatable bonds is 17. The fourth-order valence-corrected chi connectivity index (χ4v) is 4.63. The van der Waals surface area contributed by atoms with Crippen molar-refractivity contribution in [2.45, 2.75) is 64.3 Å². The molecule has 4 N–H and O–H groups in total. The first-order valence-corrected chi connectivity index (χ1v) is 14.8. The molecule has 1 unspecified atom stereocenters. The number of aromatic nitrogens is 4. The van der Waals surface area contributed by atoms with Crippen molar-refractivity contribution in [3.05, 3.63) is 75.5 Å². The second kappa shape index (κ2) is 17.9. The van der Waals surface area contributed by atoms with E-state index in [-0.39, 0.29) is 31.9 Å². The number of ketones is 1. The van der Waals surface area contributed by atoms with Gasteiger partial charge in [0.05, 0.1) is 13.0 Å². The molecule has 0 saturated carbocycles. The van der Waals surface area contributed by atoms with Crippen molar-refractivity contribution < 1.29 is 28.7 Å². The lowest BCUT2D eigenvalue weighted by atomic mass is 10.1. The van der Waals surface area contributed by atoms with Gasteiger partial charge in [0, 0.05) is 16.5 Å². The molecule has 3 aromatic rings. The van der Waals surface area contributed by atoms with Gasteiger partial charge in [0.1, 0.15) is 25.2 Å². The van der Waals surface area contributed by atoms with Crippen LogP contribution in [0.15, 0.2) is 48.5 Å². The number of ether oxygens (including phenoxy) is 2. The second-order valence-electron chi connectivity index (χ2n) is 9.69. The molecule has 15 heteroatoms. The molecule has 3 rings (SSSR count). The average Bonchev–Trinajstić information content (AvgIpc) is 3.44. The first-order chi connectivity index (χ1) is 21.2. The van der Waals surface area contributed by atoms with E-state index in [1.165, 1.54) is 0 Å². The molecule has 1 aromatic heterocycles. The molecular formula is C29H35Cl2N7O6. The van der Waals surface area contributed by atoms with E-state index in [2.05, 4.69) is 26.0 Å². The number of benzene rings is 2. The maximum atomic E-state index is 13.3. The summed E-state index contributed by atoms with van der Waals surface area (Å²) in [7, 11) is 0. The number of unbranched alkanes of at least 4 members (excludes halogenated alkanes) is 1. The lowest BCUT2D eigenvalue weighted by Crippen LogP contribution is -2.52. The predicted octanol–water partition coefficient (Wildman–Crippen LogP) is 3.00. The molecule has 0 bridgehead atoms. The predicted molar refractivity (Wildman–Crippen MR) is 162 cm³/mol. The minimum absolute atomic E-state index is 0.00333. The molecule has 236 valence electrons. The molecule has 0 spiro atoms. The highest BCUT2D eigenvalue weighted by atomic mass is 35.5. The van der Waals surface area contributed by atoms with E-state index in [0.717, 1.165) is 10.4 Å². The number of nitrogens with zero attached hydrogens (tertiary/aromatic N) is 4. The fourth-order valence-electron chi connectivity index (χ4n) is 4.10. The Morgan fingerprint density at radius 1 is 0.955 bits per heavy atom. The zero-order valence-corrected chi connectivity index (χ0v) is 25.7. The van der Waals surface area contributed by atoms with E-state index in [1.807, 2.05) is 18.2 Å². The highest BCUT2D eigenvalue weighted by Crippen LogP contribution is 2.25. The van der Waals surface area contributed by atoms with Crippen molar-refractivity contribution in [1.29, 1.82) is 0 Å². The standard InChI is InChI=1S/C29H35Cl2N7O6/c1-2-43-27(40)16-24(25(39)17-38-36-26(35-37-38)15-20-21(30)11-8-12-22(20)31)33-28(41)23(13-6-7-14-32)34-29(42)44-18-19-9-4-3-5-10-19/h3-5,8-12,23-24H,2,6-7,13-18,32H2,1H3,(H,33,41)(H,34,42)/t23-,24?/m0/s1. The summed E-state index contributed by atoms with van der Waals surface area (Å²) in [6.07, 6.45) is 0.270. The smallest absolute Gasteiger partial charge is 0.408 e. The number of amides is 2. The summed E-state index contributed by atoms with van der Waals surface area (Å²) in [4.78, 5) is 52.6. The van der Waals surface area contributed by atoms with Gasteiger partial charge in [-0.1, -0.05) is 59.6 Å². The van der Waals surface area contributed by atoms with Crippen LogP contribution in [-0.2, 0) is 43.4 Å². The van der Waals surface area contributed by atoms with Gasteiger partial charge in [0.15, 0.2) is 11.6 Å². The summed E-state index contributed by atoms with van der Waals surface area (Å²) < 4.78 is 10.3. The number of hydrogen-bond acceptors (Lipinski definition) is 10. The van der Waals surface area contributed by atoms with Crippen molar-refractivity contribution in [1.82, 2.24) is 30.8 Å². The lowest BCUT2D eigenvalue weighted by molar-refractivity contribution is -0.145. The molecule has 0 radical (unpaired) electrons. The number of alkyl carbamates (subject to hydrolysis) is 1. The molecule has 0 saturated heterocycles. The Labute approximate surface area is 264 Å². The quantitative estimate of drug-likeness (QED) is 0.145. The van der Waals surface area contributed by atoms with E-state index in [9.17, 15) is 19.2 Å². The van der Waals surface area contributed by atoms with Gasteiger partial charge in [-0.05, 0) is 61.2 Å². The number of Topliss-reactive ketones (excluding diaryl/α,β-unsaturated/α-hetero) is 1. The summed E-state index contributed by atoms with van der Waals surface area (Å²) >= 11 is 12.5. The monoisotopic (exact) mass is 647 g/mol. The van der Waals surface area contributed by atoms with E-state index in [0.29, 0.717) is 35.0 Å². The SMILES string of the molecule is CCOC(=O)CC(NC(=O)[C@H](CCCCN)NC(=O)OCc1ccccc1)C(=O)Cn1nnc(Cc2c(Cl)cccc2Cl)n1. The zero-order valence-electron chi connectivity index (χ0n) is 24.2. The van der Waals surface area contributed by atoms with Crippen LogP contribution in [0.4, 0.5) is 4.79 Å². The van der Waals surface area contributed by atoms with Crippen molar-refractivity contribution in [3.8, 4) is 0 Å². The molecule has 44 heavy (non-hydrogen) atoms. The summed E-state index contributed by atoms with van der Waals surface area (Å²) in [5.41, 5.74) is 6.97. The van der Waals surface area contributed by atoms with Crippen molar-refractivity contribution in [2.75, 3.05) is 13.2 Å². The molecule has 1 heterocycles. The maximum Gasteiger partial charge on any atom is 0.408 e. The summed E-state index contributed by atoms with van der Waals surface area (Å²) in [5, 5.41) is 18.1.